The molecule has 1 saturated heterocycles. The van der Waals surface area contributed by atoms with Gasteiger partial charge < -0.3 is 14.8 Å². The zero-order valence-electron chi connectivity index (χ0n) is 15.0. The second kappa shape index (κ2) is 7.15. The van der Waals surface area contributed by atoms with Crippen molar-refractivity contribution in [3.05, 3.63) is 47.3 Å². The molecule has 6 nitrogen and oxygen atoms in total. The van der Waals surface area contributed by atoms with Crippen molar-refractivity contribution < 1.29 is 9.18 Å². The lowest BCUT2D eigenvalue weighted by atomic mass is 9.94. The highest BCUT2D eigenvalue weighted by molar-refractivity contribution is 5.81. The third-order valence-electron chi connectivity index (χ3n) is 5.42. The van der Waals surface area contributed by atoms with E-state index in [9.17, 15) is 9.18 Å². The predicted octanol–water partition coefficient (Wildman–Crippen LogP) is 2.06. The van der Waals surface area contributed by atoms with E-state index >= 15 is 0 Å². The molecule has 4 rings (SSSR count). The minimum Gasteiger partial charge on any atom is -0.329 e. The zero-order chi connectivity index (χ0) is 18.1. The number of fused-ring (bicyclic) bond motifs is 1. The van der Waals surface area contributed by atoms with Gasteiger partial charge in [-0.25, -0.2) is 4.39 Å². The second-order valence-electron chi connectivity index (χ2n) is 7.30. The number of nitrogens with one attached hydrogen (secondary N) is 1. The van der Waals surface area contributed by atoms with Crippen LogP contribution in [0.5, 0.6) is 0 Å². The standard InChI is InChI=1S/C19H24FN5O/c1-13-19(26)24(11-15-3-2-4-16(20)9-15)12-18-23-22-17(25(13)18)10-14-5-7-21-8-6-14/h2-4,9,13-14,21H,5-8,10-12H2,1H3/t13-/m0/s1. The molecular weight excluding hydrogens is 333 g/mol. The van der Waals surface area contributed by atoms with Crippen LogP contribution in [-0.4, -0.2) is 38.7 Å². The van der Waals surface area contributed by atoms with Crippen molar-refractivity contribution in [3.63, 3.8) is 0 Å². The number of halogens is 1. The fraction of sp³-hybridized carbons (Fsp3) is 0.526. The molecule has 0 saturated carbocycles. The number of aromatic nitrogens is 3. The molecule has 1 atom stereocenters. The van der Waals surface area contributed by atoms with Crippen LogP contribution in [0.25, 0.3) is 0 Å². The van der Waals surface area contributed by atoms with E-state index in [1.807, 2.05) is 17.6 Å². The molecule has 0 radical (unpaired) electrons. The number of amides is 1. The first kappa shape index (κ1) is 17.1. The fourth-order valence-electron chi connectivity index (χ4n) is 4.01. The monoisotopic (exact) mass is 357 g/mol. The lowest BCUT2D eigenvalue weighted by molar-refractivity contribution is -0.137. The topological polar surface area (TPSA) is 63.1 Å². The van der Waals surface area contributed by atoms with Gasteiger partial charge >= 0.3 is 0 Å². The molecule has 2 aliphatic rings. The number of hydrogen-bond acceptors (Lipinski definition) is 4. The number of carbonyl (C=O) groups excluding carboxylic acids is 1. The Morgan fingerprint density at radius 2 is 2.08 bits per heavy atom. The van der Waals surface area contributed by atoms with E-state index in [1.165, 1.54) is 12.1 Å². The molecule has 1 amide bonds. The molecule has 0 unspecified atom stereocenters. The Hall–Kier alpha value is -2.28. The van der Waals surface area contributed by atoms with Crippen LogP contribution in [-0.2, 0) is 24.3 Å². The summed E-state index contributed by atoms with van der Waals surface area (Å²) in [4.78, 5) is 14.6. The molecule has 2 aromatic rings. The summed E-state index contributed by atoms with van der Waals surface area (Å²) in [7, 11) is 0. The molecule has 7 heteroatoms. The highest BCUT2D eigenvalue weighted by Gasteiger charge is 2.33. The van der Waals surface area contributed by atoms with Crippen LogP contribution in [0.15, 0.2) is 24.3 Å². The molecule has 26 heavy (non-hydrogen) atoms. The summed E-state index contributed by atoms with van der Waals surface area (Å²) in [6.07, 6.45) is 3.14. The molecule has 0 spiro atoms. The van der Waals surface area contributed by atoms with E-state index in [0.29, 0.717) is 19.0 Å². The smallest absolute Gasteiger partial charge is 0.246 e. The maximum atomic E-state index is 13.4. The third kappa shape index (κ3) is 3.35. The van der Waals surface area contributed by atoms with Crippen molar-refractivity contribution >= 4 is 5.91 Å². The largest absolute Gasteiger partial charge is 0.329 e. The molecule has 0 aliphatic carbocycles. The summed E-state index contributed by atoms with van der Waals surface area (Å²) in [5.41, 5.74) is 0.786. The minimum atomic E-state index is -0.320. The number of carbonyl (C=O) groups is 1. The maximum absolute atomic E-state index is 13.4. The summed E-state index contributed by atoms with van der Waals surface area (Å²) in [6.45, 7) is 4.79. The highest BCUT2D eigenvalue weighted by atomic mass is 19.1. The number of piperidine rings is 1. The van der Waals surface area contributed by atoms with Gasteiger partial charge in [0.05, 0.1) is 6.54 Å². The Kier molecular flexibility index (Phi) is 4.72. The van der Waals surface area contributed by atoms with Crippen molar-refractivity contribution in [1.82, 2.24) is 25.0 Å². The normalized spacial score (nSPS) is 21.1. The third-order valence-corrected chi connectivity index (χ3v) is 5.42. The van der Waals surface area contributed by atoms with Crippen LogP contribution >= 0.6 is 0 Å². The Morgan fingerprint density at radius 1 is 1.27 bits per heavy atom. The summed E-state index contributed by atoms with van der Waals surface area (Å²) in [5.74, 6) is 2.08. The van der Waals surface area contributed by atoms with Crippen molar-refractivity contribution in [2.75, 3.05) is 13.1 Å². The lowest BCUT2D eigenvalue weighted by Gasteiger charge is -2.32. The molecule has 3 heterocycles. The maximum Gasteiger partial charge on any atom is 0.246 e. The Labute approximate surface area is 152 Å². The van der Waals surface area contributed by atoms with Gasteiger partial charge in [0.2, 0.25) is 5.91 Å². The summed E-state index contributed by atoms with van der Waals surface area (Å²) in [5, 5.41) is 12.1. The minimum absolute atomic E-state index is 0.0353. The van der Waals surface area contributed by atoms with Crippen LogP contribution < -0.4 is 5.32 Å². The molecule has 1 fully saturated rings. The average molecular weight is 357 g/mol. The number of nitrogens with zero attached hydrogens (tertiary/aromatic N) is 4. The van der Waals surface area contributed by atoms with Gasteiger partial charge in [0.1, 0.15) is 17.7 Å². The number of rotatable bonds is 4. The van der Waals surface area contributed by atoms with Crippen molar-refractivity contribution in [1.29, 1.82) is 0 Å². The first-order valence-electron chi connectivity index (χ1n) is 9.28. The summed E-state index contributed by atoms with van der Waals surface area (Å²) in [6, 6.07) is 6.07. The molecule has 2 aliphatic heterocycles. The molecule has 1 N–H and O–H groups in total. The van der Waals surface area contributed by atoms with Crippen LogP contribution in [0.2, 0.25) is 0 Å². The lowest BCUT2D eigenvalue weighted by Crippen LogP contribution is -2.42. The number of benzene rings is 1. The first-order valence-corrected chi connectivity index (χ1v) is 9.28. The van der Waals surface area contributed by atoms with Gasteiger partial charge in [-0.1, -0.05) is 12.1 Å². The van der Waals surface area contributed by atoms with Gasteiger partial charge in [-0.2, -0.15) is 0 Å². The van der Waals surface area contributed by atoms with E-state index in [-0.39, 0.29) is 17.8 Å². The summed E-state index contributed by atoms with van der Waals surface area (Å²) < 4.78 is 15.4. The van der Waals surface area contributed by atoms with Gasteiger partial charge in [0, 0.05) is 13.0 Å². The van der Waals surface area contributed by atoms with Crippen molar-refractivity contribution in [3.8, 4) is 0 Å². The highest BCUT2D eigenvalue weighted by Crippen LogP contribution is 2.27. The Morgan fingerprint density at radius 3 is 2.85 bits per heavy atom. The SMILES string of the molecule is C[C@H]1C(=O)N(Cc2cccc(F)c2)Cc2nnc(CC3CCNCC3)n21. The number of hydrogen-bond donors (Lipinski definition) is 1. The van der Waals surface area contributed by atoms with E-state index < -0.39 is 0 Å². The zero-order valence-corrected chi connectivity index (χ0v) is 15.0. The average Bonchev–Trinajstić information content (AvgIpc) is 3.03. The van der Waals surface area contributed by atoms with E-state index in [0.717, 1.165) is 49.6 Å². The van der Waals surface area contributed by atoms with E-state index in [4.69, 9.17) is 0 Å². The van der Waals surface area contributed by atoms with Gasteiger partial charge in [-0.3, -0.25) is 4.79 Å². The predicted molar refractivity (Wildman–Crippen MR) is 94.7 cm³/mol. The van der Waals surface area contributed by atoms with Crippen LogP contribution in [0.1, 0.15) is 43.0 Å². The van der Waals surface area contributed by atoms with Crippen LogP contribution in [0.4, 0.5) is 4.39 Å². The Bertz CT molecular complexity index is 799. The van der Waals surface area contributed by atoms with Crippen molar-refractivity contribution in [2.45, 2.75) is 45.3 Å². The first-order chi connectivity index (χ1) is 12.6. The van der Waals surface area contributed by atoms with E-state index in [1.54, 1.807) is 11.0 Å². The van der Waals surface area contributed by atoms with Gasteiger partial charge in [-0.15, -0.1) is 10.2 Å². The van der Waals surface area contributed by atoms with E-state index in [2.05, 4.69) is 15.5 Å². The molecule has 1 aromatic heterocycles. The fourth-order valence-corrected chi connectivity index (χ4v) is 4.01. The Balaban J connectivity index is 1.52. The quantitative estimate of drug-likeness (QED) is 0.910. The van der Waals surface area contributed by atoms with Gasteiger partial charge in [-0.05, 0) is 56.5 Å². The van der Waals surface area contributed by atoms with Gasteiger partial charge in [0.25, 0.3) is 0 Å². The summed E-state index contributed by atoms with van der Waals surface area (Å²) >= 11 is 0. The van der Waals surface area contributed by atoms with Crippen LogP contribution in [0.3, 0.4) is 0 Å². The van der Waals surface area contributed by atoms with Crippen LogP contribution in [0, 0.1) is 11.7 Å². The van der Waals surface area contributed by atoms with Gasteiger partial charge in [0.15, 0.2) is 5.82 Å². The second-order valence-corrected chi connectivity index (χ2v) is 7.30. The molecular formula is C19H24FN5O. The molecule has 0 bridgehead atoms. The molecule has 138 valence electrons. The molecule has 1 aromatic carbocycles. The van der Waals surface area contributed by atoms with Crippen molar-refractivity contribution in [2.24, 2.45) is 5.92 Å².